The van der Waals surface area contributed by atoms with Gasteiger partial charge in [0, 0.05) is 12.1 Å². The summed E-state index contributed by atoms with van der Waals surface area (Å²) in [6.45, 7) is 0. The lowest BCUT2D eigenvalue weighted by Gasteiger charge is -2.10. The van der Waals surface area contributed by atoms with Crippen LogP contribution in [0.5, 0.6) is 0 Å². The molecular formula is C10H14N2O2. The molecule has 76 valence electrons. The molecule has 0 fully saturated rings. The second kappa shape index (κ2) is 3.82. The summed E-state index contributed by atoms with van der Waals surface area (Å²) in [5, 5.41) is 15.8. The molecule has 0 saturated carbocycles. The first kappa shape index (κ1) is 9.24. The van der Waals surface area contributed by atoms with E-state index in [-0.39, 0.29) is 6.42 Å². The van der Waals surface area contributed by atoms with Crippen LogP contribution in [0.1, 0.15) is 36.2 Å². The fourth-order valence-corrected chi connectivity index (χ4v) is 1.98. The summed E-state index contributed by atoms with van der Waals surface area (Å²) in [5.41, 5.74) is 3.45. The summed E-state index contributed by atoms with van der Waals surface area (Å²) in [4.78, 5) is 10.4. The minimum Gasteiger partial charge on any atom is -0.481 e. The van der Waals surface area contributed by atoms with Crippen molar-refractivity contribution in [3.8, 4) is 0 Å². The van der Waals surface area contributed by atoms with Crippen LogP contribution < -0.4 is 0 Å². The monoisotopic (exact) mass is 194 g/mol. The van der Waals surface area contributed by atoms with E-state index in [1.54, 1.807) is 0 Å². The molecule has 2 rings (SSSR count). The number of aliphatic carboxylic acids is 1. The number of hydrogen-bond donors (Lipinski definition) is 2. The van der Waals surface area contributed by atoms with Gasteiger partial charge in [-0.15, -0.1) is 0 Å². The predicted molar refractivity (Wildman–Crippen MR) is 51.2 cm³/mol. The van der Waals surface area contributed by atoms with Crippen molar-refractivity contribution in [3.05, 3.63) is 17.0 Å². The van der Waals surface area contributed by atoms with Crippen LogP contribution in [0.25, 0.3) is 0 Å². The van der Waals surface area contributed by atoms with E-state index in [0.29, 0.717) is 6.42 Å². The molecule has 0 saturated heterocycles. The number of carbonyl (C=O) groups is 1. The number of aromatic nitrogens is 2. The maximum absolute atomic E-state index is 10.4. The highest BCUT2D eigenvalue weighted by Gasteiger charge is 2.16. The molecule has 0 aromatic carbocycles. The standard InChI is InChI=1S/C10H14N2O2/c13-10(14)6-5-9-7-3-1-2-4-8(7)11-12-9/h1-6H2,(H,11,12)(H,13,14). The molecule has 1 aromatic rings. The van der Waals surface area contributed by atoms with Gasteiger partial charge >= 0.3 is 5.97 Å². The number of carboxylic acid groups (broad SMARTS) is 1. The Kier molecular flexibility index (Phi) is 2.52. The number of carboxylic acids is 1. The summed E-state index contributed by atoms with van der Waals surface area (Å²) in [7, 11) is 0. The zero-order valence-electron chi connectivity index (χ0n) is 8.05. The Bertz CT molecular complexity index is 344. The number of hydrogen-bond acceptors (Lipinski definition) is 2. The van der Waals surface area contributed by atoms with Gasteiger partial charge in [-0.25, -0.2) is 0 Å². The largest absolute Gasteiger partial charge is 0.481 e. The minimum absolute atomic E-state index is 0.178. The van der Waals surface area contributed by atoms with Gasteiger partial charge < -0.3 is 5.11 Å². The van der Waals surface area contributed by atoms with Gasteiger partial charge in [0.25, 0.3) is 0 Å². The van der Waals surface area contributed by atoms with E-state index in [0.717, 1.165) is 18.5 Å². The Labute approximate surface area is 82.3 Å². The number of aryl methyl sites for hydroxylation is 2. The molecule has 1 heterocycles. The Morgan fingerprint density at radius 1 is 1.43 bits per heavy atom. The first-order valence-electron chi connectivity index (χ1n) is 5.04. The predicted octanol–water partition coefficient (Wildman–Crippen LogP) is 1.31. The van der Waals surface area contributed by atoms with Crippen molar-refractivity contribution in [1.82, 2.24) is 10.2 Å². The topological polar surface area (TPSA) is 66.0 Å². The minimum atomic E-state index is -0.752. The highest BCUT2D eigenvalue weighted by Crippen LogP contribution is 2.22. The highest BCUT2D eigenvalue weighted by molar-refractivity contribution is 5.67. The van der Waals surface area contributed by atoms with Crippen LogP contribution in [0, 0.1) is 0 Å². The van der Waals surface area contributed by atoms with Crippen LogP contribution in [-0.4, -0.2) is 21.3 Å². The number of nitrogens with zero attached hydrogens (tertiary/aromatic N) is 1. The lowest BCUT2D eigenvalue weighted by atomic mass is 9.95. The fourth-order valence-electron chi connectivity index (χ4n) is 1.98. The van der Waals surface area contributed by atoms with Crippen molar-refractivity contribution in [3.63, 3.8) is 0 Å². The Morgan fingerprint density at radius 2 is 2.21 bits per heavy atom. The molecule has 0 bridgehead atoms. The van der Waals surface area contributed by atoms with Gasteiger partial charge in [-0.3, -0.25) is 9.89 Å². The Morgan fingerprint density at radius 3 is 3.00 bits per heavy atom. The molecule has 0 spiro atoms. The van der Waals surface area contributed by atoms with Crippen molar-refractivity contribution in [1.29, 1.82) is 0 Å². The van der Waals surface area contributed by atoms with E-state index in [9.17, 15) is 4.79 Å². The number of aromatic amines is 1. The molecule has 2 N–H and O–H groups in total. The summed E-state index contributed by atoms with van der Waals surface area (Å²) >= 11 is 0. The van der Waals surface area contributed by atoms with E-state index in [1.165, 1.54) is 24.1 Å². The molecule has 0 amide bonds. The van der Waals surface area contributed by atoms with Gasteiger partial charge in [-0.1, -0.05) is 0 Å². The summed E-state index contributed by atoms with van der Waals surface area (Å²) in [6, 6.07) is 0. The van der Waals surface area contributed by atoms with Crippen molar-refractivity contribution in [2.75, 3.05) is 0 Å². The SMILES string of the molecule is O=C(O)CCc1n[nH]c2c1CCCC2. The summed E-state index contributed by atoms with van der Waals surface area (Å²) in [5.74, 6) is -0.752. The first-order valence-corrected chi connectivity index (χ1v) is 5.04. The lowest BCUT2D eigenvalue weighted by Crippen LogP contribution is -2.04. The molecular weight excluding hydrogens is 180 g/mol. The van der Waals surface area contributed by atoms with E-state index in [2.05, 4.69) is 10.2 Å². The van der Waals surface area contributed by atoms with Gasteiger partial charge in [0.2, 0.25) is 0 Å². The molecule has 1 aliphatic rings. The van der Waals surface area contributed by atoms with Crippen molar-refractivity contribution < 1.29 is 9.90 Å². The fraction of sp³-hybridized carbons (Fsp3) is 0.600. The van der Waals surface area contributed by atoms with Gasteiger partial charge in [0.1, 0.15) is 0 Å². The quantitative estimate of drug-likeness (QED) is 0.762. The van der Waals surface area contributed by atoms with Crippen LogP contribution in [0.3, 0.4) is 0 Å². The number of rotatable bonds is 3. The third-order valence-corrected chi connectivity index (χ3v) is 2.72. The zero-order valence-corrected chi connectivity index (χ0v) is 8.05. The molecule has 0 atom stereocenters. The van der Waals surface area contributed by atoms with Gasteiger partial charge in [-0.05, 0) is 31.2 Å². The molecule has 0 unspecified atom stereocenters. The third kappa shape index (κ3) is 1.78. The van der Waals surface area contributed by atoms with Crippen molar-refractivity contribution >= 4 is 5.97 Å². The van der Waals surface area contributed by atoms with Gasteiger partial charge in [-0.2, -0.15) is 5.10 Å². The molecule has 1 aliphatic carbocycles. The van der Waals surface area contributed by atoms with Gasteiger partial charge in [0.15, 0.2) is 0 Å². The number of nitrogens with one attached hydrogen (secondary N) is 1. The van der Waals surface area contributed by atoms with E-state index in [4.69, 9.17) is 5.11 Å². The lowest BCUT2D eigenvalue weighted by molar-refractivity contribution is -0.136. The molecule has 0 aliphatic heterocycles. The highest BCUT2D eigenvalue weighted by atomic mass is 16.4. The maximum atomic E-state index is 10.4. The summed E-state index contributed by atoms with van der Waals surface area (Å²) in [6.07, 6.45) is 5.27. The van der Waals surface area contributed by atoms with Crippen LogP contribution in [0.4, 0.5) is 0 Å². The van der Waals surface area contributed by atoms with Crippen LogP contribution in [-0.2, 0) is 24.1 Å². The van der Waals surface area contributed by atoms with Crippen molar-refractivity contribution in [2.24, 2.45) is 0 Å². The number of fused-ring (bicyclic) bond motifs is 1. The first-order chi connectivity index (χ1) is 6.77. The average molecular weight is 194 g/mol. The Hall–Kier alpha value is -1.32. The van der Waals surface area contributed by atoms with E-state index < -0.39 is 5.97 Å². The van der Waals surface area contributed by atoms with Crippen LogP contribution >= 0.6 is 0 Å². The Balaban J connectivity index is 2.10. The van der Waals surface area contributed by atoms with Crippen LogP contribution in [0.2, 0.25) is 0 Å². The average Bonchev–Trinajstić information content (AvgIpc) is 2.58. The second-order valence-electron chi connectivity index (χ2n) is 3.73. The molecule has 4 nitrogen and oxygen atoms in total. The smallest absolute Gasteiger partial charge is 0.303 e. The zero-order chi connectivity index (χ0) is 9.97. The molecule has 4 heteroatoms. The molecule has 0 radical (unpaired) electrons. The van der Waals surface area contributed by atoms with E-state index >= 15 is 0 Å². The normalized spacial score (nSPS) is 15.1. The van der Waals surface area contributed by atoms with E-state index in [1.807, 2.05) is 0 Å². The third-order valence-electron chi connectivity index (χ3n) is 2.72. The number of H-pyrrole nitrogens is 1. The maximum Gasteiger partial charge on any atom is 0.303 e. The molecule has 1 aromatic heterocycles. The summed E-state index contributed by atoms with van der Waals surface area (Å²) < 4.78 is 0. The van der Waals surface area contributed by atoms with Crippen LogP contribution in [0.15, 0.2) is 0 Å². The van der Waals surface area contributed by atoms with Crippen molar-refractivity contribution in [2.45, 2.75) is 38.5 Å². The molecule has 14 heavy (non-hydrogen) atoms. The second-order valence-corrected chi connectivity index (χ2v) is 3.73. The van der Waals surface area contributed by atoms with Gasteiger partial charge in [0.05, 0.1) is 12.1 Å².